The molecule has 0 aromatic heterocycles. The van der Waals surface area contributed by atoms with E-state index in [2.05, 4.69) is 36.9 Å². The molecule has 3 aliphatic heterocycles. The van der Waals surface area contributed by atoms with Crippen molar-refractivity contribution in [3.05, 3.63) is 58.7 Å². The van der Waals surface area contributed by atoms with Gasteiger partial charge in [-0.1, -0.05) is 23.8 Å². The van der Waals surface area contributed by atoms with Crippen LogP contribution in [0.1, 0.15) is 47.6 Å². The molecule has 156 valence electrons. The number of amides is 1. The summed E-state index contributed by atoms with van der Waals surface area (Å²) in [5.41, 5.74) is 5.49. The van der Waals surface area contributed by atoms with E-state index in [1.54, 1.807) is 5.01 Å². The molecule has 2 aromatic rings. The average Bonchev–Trinajstić information content (AvgIpc) is 3.49. The van der Waals surface area contributed by atoms with Crippen LogP contribution in [0.5, 0.6) is 11.5 Å². The van der Waals surface area contributed by atoms with Crippen LogP contribution < -0.4 is 9.47 Å². The molecule has 0 spiro atoms. The molecule has 6 nitrogen and oxygen atoms in total. The molecule has 1 atom stereocenters. The Labute approximate surface area is 177 Å². The predicted octanol–water partition coefficient (Wildman–Crippen LogP) is 3.81. The van der Waals surface area contributed by atoms with E-state index in [-0.39, 0.29) is 18.7 Å². The average molecular weight is 405 g/mol. The highest BCUT2D eigenvalue weighted by molar-refractivity contribution is 6.04. The number of hydrogen-bond donors (Lipinski definition) is 0. The molecule has 1 amide bonds. The maximum absolute atomic E-state index is 13.3. The molecule has 2 aromatic carbocycles. The normalized spacial score (nSPS) is 20.7. The fourth-order valence-corrected chi connectivity index (χ4v) is 4.53. The van der Waals surface area contributed by atoms with Gasteiger partial charge in [0.15, 0.2) is 11.5 Å². The summed E-state index contributed by atoms with van der Waals surface area (Å²) in [6.07, 6.45) is 3.02. The lowest BCUT2D eigenvalue weighted by molar-refractivity contribution is -0.134. The number of carbonyl (C=O) groups excluding carboxylic acids is 1. The van der Waals surface area contributed by atoms with Crippen molar-refractivity contribution in [3.63, 3.8) is 0 Å². The van der Waals surface area contributed by atoms with Gasteiger partial charge in [0.05, 0.1) is 18.3 Å². The van der Waals surface area contributed by atoms with Gasteiger partial charge in [-0.05, 0) is 69.1 Å². The van der Waals surface area contributed by atoms with Gasteiger partial charge >= 0.3 is 0 Å². The highest BCUT2D eigenvalue weighted by Crippen LogP contribution is 2.39. The summed E-state index contributed by atoms with van der Waals surface area (Å²) in [7, 11) is 0. The second-order valence-electron chi connectivity index (χ2n) is 8.42. The summed E-state index contributed by atoms with van der Waals surface area (Å²) >= 11 is 0. The Morgan fingerprint density at radius 1 is 1.07 bits per heavy atom. The summed E-state index contributed by atoms with van der Waals surface area (Å²) in [6.45, 7) is 6.82. The number of carbonyl (C=O) groups is 1. The van der Waals surface area contributed by atoms with Crippen molar-refractivity contribution in [2.24, 2.45) is 5.10 Å². The number of likely N-dealkylation sites (tertiary alicyclic amines) is 1. The molecule has 1 saturated heterocycles. The third kappa shape index (κ3) is 3.56. The quantitative estimate of drug-likeness (QED) is 0.776. The predicted molar refractivity (Wildman–Crippen MR) is 115 cm³/mol. The third-order valence-electron chi connectivity index (χ3n) is 6.21. The van der Waals surface area contributed by atoms with Crippen molar-refractivity contribution in [2.45, 2.75) is 39.2 Å². The Kier molecular flexibility index (Phi) is 4.95. The molecule has 5 rings (SSSR count). The van der Waals surface area contributed by atoms with E-state index in [1.165, 1.54) is 11.1 Å². The number of nitrogens with zero attached hydrogens (tertiary/aromatic N) is 3. The molecular formula is C24H27N3O3. The lowest BCUT2D eigenvalue weighted by Crippen LogP contribution is -2.36. The van der Waals surface area contributed by atoms with Gasteiger partial charge in [0.1, 0.15) is 0 Å². The van der Waals surface area contributed by atoms with Crippen LogP contribution in [0.25, 0.3) is 0 Å². The molecule has 0 N–H and O–H groups in total. The van der Waals surface area contributed by atoms with Crippen molar-refractivity contribution < 1.29 is 14.3 Å². The van der Waals surface area contributed by atoms with E-state index in [0.29, 0.717) is 13.0 Å². The molecule has 0 radical (unpaired) electrons. The number of fused-ring (bicyclic) bond motifs is 1. The first kappa shape index (κ1) is 19.1. The van der Waals surface area contributed by atoms with E-state index in [4.69, 9.17) is 14.6 Å². The zero-order valence-electron chi connectivity index (χ0n) is 17.6. The SMILES string of the molecule is Cc1ccc(C)c(C2=NN(C(=O)CN3CCCC3)C(c3ccc4c(c3)OCO4)C2)c1. The number of aryl methyl sites for hydroxylation is 2. The first-order valence-corrected chi connectivity index (χ1v) is 10.7. The van der Waals surface area contributed by atoms with Crippen LogP contribution in [0.4, 0.5) is 0 Å². The maximum Gasteiger partial charge on any atom is 0.257 e. The van der Waals surface area contributed by atoms with Crippen molar-refractivity contribution in [1.82, 2.24) is 9.91 Å². The number of rotatable bonds is 4. The molecule has 3 heterocycles. The molecule has 1 fully saturated rings. The van der Waals surface area contributed by atoms with Crippen LogP contribution in [0.3, 0.4) is 0 Å². The van der Waals surface area contributed by atoms with Gasteiger partial charge in [0.2, 0.25) is 6.79 Å². The highest BCUT2D eigenvalue weighted by Gasteiger charge is 2.35. The van der Waals surface area contributed by atoms with Gasteiger partial charge in [-0.2, -0.15) is 5.10 Å². The van der Waals surface area contributed by atoms with E-state index in [0.717, 1.165) is 54.3 Å². The maximum atomic E-state index is 13.3. The van der Waals surface area contributed by atoms with Crippen LogP contribution in [0.15, 0.2) is 41.5 Å². The van der Waals surface area contributed by atoms with Gasteiger partial charge in [-0.3, -0.25) is 9.69 Å². The topological polar surface area (TPSA) is 54.4 Å². The number of ether oxygens (including phenoxy) is 2. The summed E-state index contributed by atoms with van der Waals surface area (Å²) in [5.74, 6) is 1.54. The lowest BCUT2D eigenvalue weighted by Gasteiger charge is -2.24. The van der Waals surface area contributed by atoms with E-state index < -0.39 is 0 Å². The third-order valence-corrected chi connectivity index (χ3v) is 6.21. The summed E-state index contributed by atoms with van der Waals surface area (Å²) in [4.78, 5) is 15.5. The summed E-state index contributed by atoms with van der Waals surface area (Å²) < 4.78 is 11.0. The summed E-state index contributed by atoms with van der Waals surface area (Å²) in [6, 6.07) is 12.2. The van der Waals surface area contributed by atoms with Crippen molar-refractivity contribution in [1.29, 1.82) is 0 Å². The first-order valence-electron chi connectivity index (χ1n) is 10.7. The standard InChI is InChI=1S/C24H27N3O3/c1-16-5-6-17(2)19(11-16)20-13-21(18-7-8-22-23(12-18)30-15-29-22)27(25-20)24(28)14-26-9-3-4-10-26/h5-8,11-12,21H,3-4,9-10,13-15H2,1-2H3. The molecule has 3 aliphatic rings. The minimum Gasteiger partial charge on any atom is -0.454 e. The molecule has 6 heteroatoms. The fraction of sp³-hybridized carbons (Fsp3) is 0.417. The highest BCUT2D eigenvalue weighted by atomic mass is 16.7. The number of benzene rings is 2. The van der Waals surface area contributed by atoms with Crippen molar-refractivity contribution >= 4 is 11.6 Å². The molecular weight excluding hydrogens is 378 g/mol. The Bertz CT molecular complexity index is 1010. The van der Waals surface area contributed by atoms with Crippen LogP contribution in [0.2, 0.25) is 0 Å². The molecule has 30 heavy (non-hydrogen) atoms. The Morgan fingerprint density at radius 3 is 2.70 bits per heavy atom. The van der Waals surface area contributed by atoms with E-state index in [9.17, 15) is 4.79 Å². The van der Waals surface area contributed by atoms with Crippen LogP contribution in [0, 0.1) is 13.8 Å². The minimum absolute atomic E-state index is 0.0554. The van der Waals surface area contributed by atoms with Crippen molar-refractivity contribution in [2.75, 3.05) is 26.4 Å². The minimum atomic E-state index is -0.135. The van der Waals surface area contributed by atoms with E-state index >= 15 is 0 Å². The van der Waals surface area contributed by atoms with Gasteiger partial charge in [0.25, 0.3) is 5.91 Å². The Morgan fingerprint density at radius 2 is 1.87 bits per heavy atom. The Balaban J connectivity index is 1.48. The van der Waals surface area contributed by atoms with Gasteiger partial charge in [-0.25, -0.2) is 5.01 Å². The number of hydrazone groups is 1. The zero-order valence-corrected chi connectivity index (χ0v) is 17.6. The summed E-state index contributed by atoms with van der Waals surface area (Å²) in [5, 5.41) is 6.56. The van der Waals surface area contributed by atoms with Crippen LogP contribution in [-0.4, -0.2) is 48.0 Å². The van der Waals surface area contributed by atoms with Crippen LogP contribution >= 0.6 is 0 Å². The fourth-order valence-electron chi connectivity index (χ4n) is 4.53. The molecule has 0 bridgehead atoms. The largest absolute Gasteiger partial charge is 0.454 e. The zero-order chi connectivity index (χ0) is 20.7. The smallest absolute Gasteiger partial charge is 0.257 e. The first-order chi connectivity index (χ1) is 14.6. The monoisotopic (exact) mass is 405 g/mol. The second kappa shape index (κ2) is 7.76. The Hall–Kier alpha value is -2.86. The number of hydrogen-bond acceptors (Lipinski definition) is 5. The molecule has 0 saturated carbocycles. The van der Waals surface area contributed by atoms with E-state index in [1.807, 2.05) is 18.2 Å². The van der Waals surface area contributed by atoms with Gasteiger partial charge in [-0.15, -0.1) is 0 Å². The second-order valence-corrected chi connectivity index (χ2v) is 8.42. The van der Waals surface area contributed by atoms with Crippen LogP contribution in [-0.2, 0) is 4.79 Å². The van der Waals surface area contributed by atoms with Gasteiger partial charge < -0.3 is 9.47 Å². The molecule has 0 aliphatic carbocycles. The lowest BCUT2D eigenvalue weighted by atomic mass is 9.95. The molecule has 1 unspecified atom stereocenters. The van der Waals surface area contributed by atoms with Gasteiger partial charge in [0, 0.05) is 12.0 Å². The van der Waals surface area contributed by atoms with Crippen molar-refractivity contribution in [3.8, 4) is 11.5 Å².